The van der Waals surface area contributed by atoms with Crippen molar-refractivity contribution in [3.63, 3.8) is 0 Å². The van der Waals surface area contributed by atoms with Crippen LogP contribution in [0.15, 0.2) is 30.5 Å². The maximum atomic E-state index is 11.9. The van der Waals surface area contributed by atoms with Gasteiger partial charge in [0.2, 0.25) is 5.95 Å². The maximum Gasteiger partial charge on any atom is 0.252 e. The second-order valence-electron chi connectivity index (χ2n) is 5.16. The van der Waals surface area contributed by atoms with E-state index in [0.717, 1.165) is 11.4 Å². The molecule has 0 atom stereocenters. The molecule has 9 nitrogen and oxygen atoms in total. The number of hydrogen-bond donors (Lipinski definition) is 2. The molecule has 0 saturated carbocycles. The van der Waals surface area contributed by atoms with Crippen molar-refractivity contribution < 1.29 is 9.53 Å². The van der Waals surface area contributed by atoms with Gasteiger partial charge in [-0.3, -0.25) is 19.9 Å². The van der Waals surface area contributed by atoms with Crippen LogP contribution in [0.4, 0.5) is 5.95 Å². The van der Waals surface area contributed by atoms with Crippen LogP contribution in [0.25, 0.3) is 11.5 Å². The van der Waals surface area contributed by atoms with Gasteiger partial charge < -0.3 is 4.74 Å². The van der Waals surface area contributed by atoms with Crippen molar-refractivity contribution in [1.82, 2.24) is 29.9 Å². The Hall–Kier alpha value is -3.07. The van der Waals surface area contributed by atoms with Crippen LogP contribution in [0, 0.1) is 6.92 Å². The zero-order valence-corrected chi connectivity index (χ0v) is 13.4. The van der Waals surface area contributed by atoms with E-state index in [9.17, 15) is 4.79 Å². The number of anilines is 1. The lowest BCUT2D eigenvalue weighted by atomic mass is 10.3. The average Bonchev–Trinajstić information content (AvgIpc) is 3.17. The number of pyridine rings is 1. The number of aromatic nitrogens is 6. The van der Waals surface area contributed by atoms with E-state index in [1.165, 1.54) is 0 Å². The van der Waals surface area contributed by atoms with Crippen molar-refractivity contribution in [2.45, 2.75) is 13.5 Å². The van der Waals surface area contributed by atoms with Gasteiger partial charge in [-0.2, -0.15) is 10.1 Å². The summed E-state index contributed by atoms with van der Waals surface area (Å²) in [5.74, 6) is 0.340. The number of aromatic amines is 1. The smallest absolute Gasteiger partial charge is 0.252 e. The van der Waals surface area contributed by atoms with E-state index in [1.54, 1.807) is 10.9 Å². The molecule has 0 aromatic carbocycles. The first-order chi connectivity index (χ1) is 11.6. The van der Waals surface area contributed by atoms with E-state index < -0.39 is 0 Å². The van der Waals surface area contributed by atoms with Crippen LogP contribution in [0.2, 0.25) is 0 Å². The molecule has 3 aromatic rings. The van der Waals surface area contributed by atoms with Crippen LogP contribution in [0.1, 0.15) is 11.4 Å². The largest absolute Gasteiger partial charge is 0.365 e. The molecule has 0 saturated heterocycles. The lowest BCUT2D eigenvalue weighted by molar-refractivity contribution is -0.121. The Morgan fingerprint density at radius 2 is 2.21 bits per heavy atom. The van der Waals surface area contributed by atoms with Crippen LogP contribution in [0.5, 0.6) is 0 Å². The molecule has 3 heterocycles. The van der Waals surface area contributed by atoms with E-state index in [1.807, 2.05) is 38.2 Å². The molecule has 0 unspecified atom stereocenters. The lowest BCUT2D eigenvalue weighted by Crippen LogP contribution is -2.19. The summed E-state index contributed by atoms with van der Waals surface area (Å²) < 4.78 is 7.04. The van der Waals surface area contributed by atoms with Crippen LogP contribution < -0.4 is 5.32 Å². The summed E-state index contributed by atoms with van der Waals surface area (Å²) in [6, 6.07) is 7.41. The molecular weight excluding hydrogens is 310 g/mol. The minimum Gasteiger partial charge on any atom is -0.365 e. The monoisotopic (exact) mass is 327 g/mol. The minimum atomic E-state index is -0.333. The highest BCUT2D eigenvalue weighted by Gasteiger charge is 2.10. The Balaban J connectivity index is 1.53. The van der Waals surface area contributed by atoms with E-state index in [-0.39, 0.29) is 18.5 Å². The van der Waals surface area contributed by atoms with Crippen LogP contribution in [-0.4, -0.2) is 42.5 Å². The first-order valence-electron chi connectivity index (χ1n) is 7.33. The molecule has 0 spiro atoms. The molecule has 3 rings (SSSR count). The first kappa shape index (κ1) is 15.8. The molecule has 0 aliphatic rings. The van der Waals surface area contributed by atoms with E-state index >= 15 is 0 Å². The third-order valence-electron chi connectivity index (χ3n) is 3.27. The molecule has 3 aromatic heterocycles. The fourth-order valence-electron chi connectivity index (χ4n) is 2.06. The van der Waals surface area contributed by atoms with Crippen molar-refractivity contribution in [2.75, 3.05) is 11.9 Å². The number of rotatable bonds is 6. The van der Waals surface area contributed by atoms with Gasteiger partial charge in [0.05, 0.1) is 12.3 Å². The number of H-pyrrole nitrogens is 1. The number of amides is 1. The van der Waals surface area contributed by atoms with Gasteiger partial charge in [-0.05, 0) is 25.1 Å². The number of carbonyl (C=O) groups is 1. The van der Waals surface area contributed by atoms with Gasteiger partial charge in [0.1, 0.15) is 12.3 Å². The summed E-state index contributed by atoms with van der Waals surface area (Å²) >= 11 is 0. The van der Waals surface area contributed by atoms with E-state index in [4.69, 9.17) is 4.74 Å². The predicted octanol–water partition coefficient (Wildman–Crippen LogP) is 1.06. The number of hydrogen-bond acceptors (Lipinski definition) is 6. The summed E-state index contributed by atoms with van der Waals surface area (Å²) in [7, 11) is 1.81. The SMILES string of the molecule is Cc1cccc(-c2nc(NC(=O)COCc3ccnn3C)n[nH]2)n1. The summed E-state index contributed by atoms with van der Waals surface area (Å²) in [6.07, 6.45) is 1.67. The summed E-state index contributed by atoms with van der Waals surface area (Å²) in [5, 5.41) is 13.3. The fraction of sp³-hybridized carbons (Fsp3) is 0.267. The molecule has 0 bridgehead atoms. The molecule has 124 valence electrons. The van der Waals surface area contributed by atoms with Gasteiger partial charge in [-0.1, -0.05) is 6.07 Å². The number of nitrogens with zero attached hydrogens (tertiary/aromatic N) is 5. The molecule has 0 aliphatic heterocycles. The number of carbonyl (C=O) groups excluding carboxylic acids is 1. The molecule has 0 aliphatic carbocycles. The molecule has 1 amide bonds. The van der Waals surface area contributed by atoms with Crippen molar-refractivity contribution in [3.05, 3.63) is 41.9 Å². The number of aryl methyl sites for hydroxylation is 2. The van der Waals surface area contributed by atoms with E-state index in [2.05, 4.69) is 30.6 Å². The van der Waals surface area contributed by atoms with Gasteiger partial charge in [-0.25, -0.2) is 4.98 Å². The second kappa shape index (κ2) is 7.01. The molecule has 2 N–H and O–H groups in total. The highest BCUT2D eigenvalue weighted by molar-refractivity contribution is 5.90. The second-order valence-corrected chi connectivity index (χ2v) is 5.16. The van der Waals surface area contributed by atoms with Crippen LogP contribution in [0.3, 0.4) is 0 Å². The predicted molar refractivity (Wildman–Crippen MR) is 85.8 cm³/mol. The normalized spacial score (nSPS) is 10.8. The third kappa shape index (κ3) is 3.82. The Kier molecular flexibility index (Phi) is 4.62. The highest BCUT2D eigenvalue weighted by atomic mass is 16.5. The first-order valence-corrected chi connectivity index (χ1v) is 7.33. The van der Waals surface area contributed by atoms with Crippen molar-refractivity contribution >= 4 is 11.9 Å². The average molecular weight is 327 g/mol. The topological polar surface area (TPSA) is 111 Å². The molecule has 0 radical (unpaired) electrons. The Bertz CT molecular complexity index is 840. The number of ether oxygens (including phenoxy) is 1. The van der Waals surface area contributed by atoms with Gasteiger partial charge in [0.25, 0.3) is 5.91 Å². The quantitative estimate of drug-likeness (QED) is 0.700. The van der Waals surface area contributed by atoms with Gasteiger partial charge in [-0.15, -0.1) is 5.10 Å². The van der Waals surface area contributed by atoms with Crippen molar-refractivity contribution in [2.24, 2.45) is 7.05 Å². The summed E-state index contributed by atoms with van der Waals surface area (Å²) in [5.41, 5.74) is 2.42. The van der Waals surface area contributed by atoms with Gasteiger partial charge in [0.15, 0.2) is 5.82 Å². The molecular formula is C15H17N7O2. The summed E-state index contributed by atoms with van der Waals surface area (Å²) in [4.78, 5) is 20.4. The molecule has 0 fully saturated rings. The third-order valence-corrected chi connectivity index (χ3v) is 3.27. The van der Waals surface area contributed by atoms with Crippen LogP contribution in [-0.2, 0) is 23.2 Å². The lowest BCUT2D eigenvalue weighted by Gasteiger charge is -2.04. The fourth-order valence-corrected chi connectivity index (χ4v) is 2.06. The highest BCUT2D eigenvalue weighted by Crippen LogP contribution is 2.13. The zero-order chi connectivity index (χ0) is 16.9. The molecule has 9 heteroatoms. The Morgan fingerprint density at radius 1 is 1.33 bits per heavy atom. The van der Waals surface area contributed by atoms with Gasteiger partial charge in [0, 0.05) is 18.9 Å². The number of nitrogens with one attached hydrogen (secondary N) is 2. The standard InChI is InChI=1S/C15H17N7O2/c1-10-4-3-5-12(17-10)14-19-15(21-20-14)18-13(23)9-24-8-11-6-7-16-22(11)2/h3-7H,8-9H2,1-2H3,(H2,18,19,20,21,23). The Labute approximate surface area is 138 Å². The maximum absolute atomic E-state index is 11.9. The Morgan fingerprint density at radius 3 is 2.96 bits per heavy atom. The van der Waals surface area contributed by atoms with Crippen molar-refractivity contribution in [3.8, 4) is 11.5 Å². The van der Waals surface area contributed by atoms with Crippen LogP contribution >= 0.6 is 0 Å². The summed E-state index contributed by atoms with van der Waals surface area (Å²) in [6.45, 7) is 2.09. The van der Waals surface area contributed by atoms with E-state index in [0.29, 0.717) is 18.1 Å². The van der Waals surface area contributed by atoms with Crippen molar-refractivity contribution in [1.29, 1.82) is 0 Å². The zero-order valence-electron chi connectivity index (χ0n) is 13.4. The van der Waals surface area contributed by atoms with Gasteiger partial charge >= 0.3 is 0 Å². The minimum absolute atomic E-state index is 0.0995. The molecule has 24 heavy (non-hydrogen) atoms.